The molecule has 0 saturated carbocycles. The van der Waals surface area contributed by atoms with Crippen LogP contribution in [0, 0.1) is 22.7 Å². The van der Waals surface area contributed by atoms with Crippen LogP contribution in [0.15, 0.2) is 36.0 Å². The van der Waals surface area contributed by atoms with Gasteiger partial charge in [-0.2, -0.15) is 10.5 Å². The number of anilines is 1. The Hall–Kier alpha value is -2.36. The highest BCUT2D eigenvalue weighted by Gasteiger charge is 2.36. The zero-order valence-corrected chi connectivity index (χ0v) is 15.0. The number of benzene rings is 1. The Morgan fingerprint density at radius 1 is 1.17 bits per heavy atom. The third kappa shape index (κ3) is 6.03. The van der Waals surface area contributed by atoms with Gasteiger partial charge in [-0.25, -0.2) is 0 Å². The van der Waals surface area contributed by atoms with Gasteiger partial charge in [0.2, 0.25) is 0 Å². The molecule has 0 radical (unpaired) electrons. The molecule has 0 aliphatic heterocycles. The van der Waals surface area contributed by atoms with Gasteiger partial charge >= 0.3 is 8.80 Å². The summed E-state index contributed by atoms with van der Waals surface area (Å²) in [4.78, 5) is 0. The number of ether oxygens (including phenoxy) is 1. The molecule has 8 heteroatoms. The summed E-state index contributed by atoms with van der Waals surface area (Å²) < 4.78 is 21.8. The Balaban J connectivity index is 2.53. The molecule has 0 heterocycles. The van der Waals surface area contributed by atoms with E-state index in [4.69, 9.17) is 28.5 Å². The van der Waals surface area contributed by atoms with Crippen LogP contribution in [0.25, 0.3) is 0 Å². The fraction of sp³-hybridized carbons (Fsp3) is 0.375. The van der Waals surface area contributed by atoms with Crippen molar-refractivity contribution in [2.75, 3.05) is 33.3 Å². The zero-order valence-electron chi connectivity index (χ0n) is 14.0. The summed E-state index contributed by atoms with van der Waals surface area (Å²) >= 11 is 0. The van der Waals surface area contributed by atoms with Crippen LogP contribution in [-0.4, -0.2) is 36.7 Å². The SMILES string of the molecule is CO[Si](CCCOc1cccc(NC=C(C#N)C#N)c1)(OC)OC. The normalized spacial score (nSPS) is 10.4. The smallest absolute Gasteiger partial charge is 0.494 e. The van der Waals surface area contributed by atoms with Crippen molar-refractivity contribution in [2.24, 2.45) is 0 Å². The molecule has 1 N–H and O–H groups in total. The number of hydrogen-bond donors (Lipinski definition) is 1. The van der Waals surface area contributed by atoms with Crippen LogP contribution in [0.5, 0.6) is 5.75 Å². The van der Waals surface area contributed by atoms with E-state index in [0.717, 1.165) is 12.1 Å². The summed E-state index contributed by atoms with van der Waals surface area (Å²) in [6.45, 7) is 0.492. The summed E-state index contributed by atoms with van der Waals surface area (Å²) in [5.41, 5.74) is 0.728. The molecule has 1 aromatic carbocycles. The highest BCUT2D eigenvalue weighted by Crippen LogP contribution is 2.19. The minimum atomic E-state index is -2.56. The molecular formula is C16H21N3O4Si. The number of allylic oxidation sites excluding steroid dienone is 1. The summed E-state index contributed by atoms with van der Waals surface area (Å²) in [6, 6.07) is 11.5. The van der Waals surface area contributed by atoms with Crippen LogP contribution in [0.4, 0.5) is 5.69 Å². The standard InChI is InChI=1S/C16H21N3O4Si/c1-20-24(21-2,22-3)9-5-8-23-16-7-4-6-15(10-16)19-13-14(11-17)12-18/h4,6-7,10,13,19H,5,8-9H2,1-3H3. The van der Waals surface area contributed by atoms with Crippen LogP contribution in [0.1, 0.15) is 6.42 Å². The second-order valence-electron chi connectivity index (χ2n) is 4.70. The van der Waals surface area contributed by atoms with E-state index in [0.29, 0.717) is 18.4 Å². The second kappa shape index (κ2) is 10.4. The van der Waals surface area contributed by atoms with Crippen molar-refractivity contribution in [1.29, 1.82) is 10.5 Å². The molecule has 1 aromatic rings. The maximum Gasteiger partial charge on any atom is 0.500 e. The Labute approximate surface area is 143 Å². The van der Waals surface area contributed by atoms with Gasteiger partial charge in [-0.3, -0.25) is 0 Å². The van der Waals surface area contributed by atoms with E-state index in [1.54, 1.807) is 39.5 Å². The van der Waals surface area contributed by atoms with Crippen molar-refractivity contribution >= 4 is 14.5 Å². The minimum absolute atomic E-state index is 0.00122. The highest BCUT2D eigenvalue weighted by atomic mass is 28.4. The van der Waals surface area contributed by atoms with Crippen molar-refractivity contribution in [1.82, 2.24) is 0 Å². The third-order valence-corrected chi connectivity index (χ3v) is 6.12. The van der Waals surface area contributed by atoms with E-state index < -0.39 is 8.80 Å². The van der Waals surface area contributed by atoms with Crippen LogP contribution in [0.3, 0.4) is 0 Å². The van der Waals surface area contributed by atoms with Crippen LogP contribution in [-0.2, 0) is 13.3 Å². The molecule has 7 nitrogen and oxygen atoms in total. The first-order valence-electron chi connectivity index (χ1n) is 7.28. The van der Waals surface area contributed by atoms with Crippen molar-refractivity contribution in [3.05, 3.63) is 36.0 Å². The molecule has 0 bridgehead atoms. The van der Waals surface area contributed by atoms with Gasteiger partial charge in [-0.1, -0.05) is 6.07 Å². The lowest BCUT2D eigenvalue weighted by molar-refractivity contribution is 0.121. The van der Waals surface area contributed by atoms with Gasteiger partial charge in [0.05, 0.1) is 6.61 Å². The average molecular weight is 347 g/mol. The fourth-order valence-electron chi connectivity index (χ4n) is 1.96. The predicted molar refractivity (Wildman–Crippen MR) is 91.1 cm³/mol. The Kier molecular flexibility index (Phi) is 8.54. The molecule has 0 amide bonds. The van der Waals surface area contributed by atoms with Gasteiger partial charge in [0, 0.05) is 45.3 Å². The largest absolute Gasteiger partial charge is 0.500 e. The molecular weight excluding hydrogens is 326 g/mol. The summed E-state index contributed by atoms with van der Waals surface area (Å²) in [5.74, 6) is 0.684. The van der Waals surface area contributed by atoms with E-state index >= 15 is 0 Å². The number of hydrogen-bond acceptors (Lipinski definition) is 7. The van der Waals surface area contributed by atoms with E-state index in [9.17, 15) is 0 Å². The third-order valence-electron chi connectivity index (χ3n) is 3.29. The number of nitrogens with one attached hydrogen (secondary N) is 1. The summed E-state index contributed by atoms with van der Waals surface area (Å²) in [5, 5.41) is 20.3. The average Bonchev–Trinajstić information content (AvgIpc) is 2.64. The molecule has 0 aliphatic carbocycles. The Morgan fingerprint density at radius 2 is 1.83 bits per heavy atom. The minimum Gasteiger partial charge on any atom is -0.494 e. The van der Waals surface area contributed by atoms with Gasteiger partial charge in [0.15, 0.2) is 0 Å². The van der Waals surface area contributed by atoms with Crippen LogP contribution < -0.4 is 10.1 Å². The zero-order chi connectivity index (χ0) is 17.8. The van der Waals surface area contributed by atoms with E-state index in [2.05, 4.69) is 5.32 Å². The summed E-state index contributed by atoms with van der Waals surface area (Å²) in [7, 11) is 2.19. The van der Waals surface area contributed by atoms with Gasteiger partial charge in [-0.05, 0) is 18.6 Å². The Morgan fingerprint density at radius 3 is 2.42 bits per heavy atom. The molecule has 0 spiro atoms. The van der Waals surface area contributed by atoms with Crippen molar-refractivity contribution in [3.8, 4) is 17.9 Å². The molecule has 0 unspecified atom stereocenters. The maximum absolute atomic E-state index is 8.70. The molecule has 1 rings (SSSR count). The van der Waals surface area contributed by atoms with Crippen molar-refractivity contribution < 1.29 is 18.0 Å². The van der Waals surface area contributed by atoms with E-state index in [-0.39, 0.29) is 5.57 Å². The molecule has 0 aliphatic rings. The second-order valence-corrected chi connectivity index (χ2v) is 7.79. The molecule has 0 aromatic heterocycles. The van der Waals surface area contributed by atoms with Crippen molar-refractivity contribution in [3.63, 3.8) is 0 Å². The molecule has 128 valence electrons. The van der Waals surface area contributed by atoms with Crippen LogP contribution >= 0.6 is 0 Å². The monoisotopic (exact) mass is 347 g/mol. The topological polar surface area (TPSA) is 96.5 Å². The highest BCUT2D eigenvalue weighted by molar-refractivity contribution is 6.60. The molecule has 24 heavy (non-hydrogen) atoms. The van der Waals surface area contributed by atoms with Crippen molar-refractivity contribution in [2.45, 2.75) is 12.5 Å². The molecule has 0 atom stereocenters. The van der Waals surface area contributed by atoms with Gasteiger partial charge in [0.25, 0.3) is 0 Å². The number of rotatable bonds is 10. The number of nitriles is 2. The van der Waals surface area contributed by atoms with E-state index in [1.807, 2.05) is 18.2 Å². The van der Waals surface area contributed by atoms with E-state index in [1.165, 1.54) is 6.20 Å². The first-order valence-corrected chi connectivity index (χ1v) is 9.21. The lowest BCUT2D eigenvalue weighted by Crippen LogP contribution is -2.42. The van der Waals surface area contributed by atoms with Gasteiger partial charge < -0.3 is 23.3 Å². The Bertz CT molecular complexity index is 609. The first kappa shape index (κ1) is 19.7. The lowest BCUT2D eigenvalue weighted by Gasteiger charge is -2.24. The number of nitrogens with zero attached hydrogens (tertiary/aromatic N) is 2. The lowest BCUT2D eigenvalue weighted by atomic mass is 10.3. The van der Waals surface area contributed by atoms with Gasteiger partial charge in [0.1, 0.15) is 23.5 Å². The van der Waals surface area contributed by atoms with Crippen LogP contribution in [0.2, 0.25) is 6.04 Å². The fourth-order valence-corrected chi connectivity index (χ4v) is 3.65. The maximum atomic E-state index is 8.70. The molecule has 0 fully saturated rings. The predicted octanol–water partition coefficient (Wildman–Crippen LogP) is 2.68. The first-order chi connectivity index (χ1) is 11.6. The molecule has 0 saturated heterocycles. The van der Waals surface area contributed by atoms with Gasteiger partial charge in [-0.15, -0.1) is 0 Å². The summed E-state index contributed by atoms with van der Waals surface area (Å²) in [6.07, 6.45) is 2.08. The quantitative estimate of drug-likeness (QED) is 0.395.